The first-order chi connectivity index (χ1) is 16.4. The number of nitrogens with zero attached hydrogens (tertiary/aromatic N) is 5. The first kappa shape index (κ1) is 23.5. The molecule has 0 radical (unpaired) electrons. The van der Waals surface area contributed by atoms with Crippen molar-refractivity contribution in [1.82, 2.24) is 24.3 Å². The lowest BCUT2D eigenvalue weighted by atomic mass is 10.2. The number of benzene rings is 1. The molecule has 0 unspecified atom stereocenters. The number of amides is 1. The van der Waals surface area contributed by atoms with Gasteiger partial charge in [-0.2, -0.15) is 0 Å². The molecule has 4 rings (SSSR count). The van der Waals surface area contributed by atoms with Crippen LogP contribution >= 0.6 is 11.6 Å². The molecule has 0 bridgehead atoms. The van der Waals surface area contributed by atoms with Crippen LogP contribution in [0.5, 0.6) is 0 Å². The van der Waals surface area contributed by atoms with Crippen molar-refractivity contribution in [3.63, 3.8) is 0 Å². The molecule has 0 saturated heterocycles. The van der Waals surface area contributed by atoms with Crippen molar-refractivity contribution in [3.05, 3.63) is 95.6 Å². The van der Waals surface area contributed by atoms with Gasteiger partial charge in [0.1, 0.15) is 0 Å². The summed E-state index contributed by atoms with van der Waals surface area (Å²) in [6, 6.07) is 8.97. The molecule has 34 heavy (non-hydrogen) atoms. The maximum absolute atomic E-state index is 13.0. The van der Waals surface area contributed by atoms with Gasteiger partial charge in [0.25, 0.3) is 5.91 Å². The van der Waals surface area contributed by atoms with E-state index in [1.54, 1.807) is 18.3 Å². The molecule has 174 valence electrons. The Morgan fingerprint density at radius 2 is 2.06 bits per heavy atom. The monoisotopic (exact) mass is 474 g/mol. The van der Waals surface area contributed by atoms with E-state index < -0.39 is 0 Å². The van der Waals surface area contributed by atoms with Gasteiger partial charge >= 0.3 is 0 Å². The number of hydrogen-bond acceptors (Lipinski definition) is 5. The summed E-state index contributed by atoms with van der Waals surface area (Å²) < 4.78 is 1.88. The summed E-state index contributed by atoms with van der Waals surface area (Å²) in [7, 11) is 4.07. The minimum atomic E-state index is -0.266. The van der Waals surface area contributed by atoms with Gasteiger partial charge in [-0.15, -0.1) is 0 Å². The molecule has 3 aromatic rings. The lowest BCUT2D eigenvalue weighted by Gasteiger charge is -2.17. The number of allylic oxidation sites excluding steroid dienone is 4. The van der Waals surface area contributed by atoms with Gasteiger partial charge in [0, 0.05) is 42.9 Å². The van der Waals surface area contributed by atoms with Crippen LogP contribution in [0.4, 0.5) is 5.95 Å². The van der Waals surface area contributed by atoms with Crippen molar-refractivity contribution in [3.8, 4) is 0 Å². The van der Waals surface area contributed by atoms with Crippen molar-refractivity contribution in [2.24, 2.45) is 0 Å². The third-order valence-electron chi connectivity index (χ3n) is 5.18. The number of hydrogen-bond donors (Lipinski definition) is 1. The van der Waals surface area contributed by atoms with Crippen molar-refractivity contribution in [2.45, 2.75) is 6.92 Å². The van der Waals surface area contributed by atoms with E-state index in [1.807, 2.05) is 74.4 Å². The number of carbonyl (C=O) groups is 1. The highest BCUT2D eigenvalue weighted by molar-refractivity contribution is 6.35. The Hall–Kier alpha value is -3.68. The van der Waals surface area contributed by atoms with Gasteiger partial charge in [0.15, 0.2) is 0 Å². The number of nitrogens with one attached hydrogen (secondary N) is 1. The predicted molar refractivity (Wildman–Crippen MR) is 139 cm³/mol. The van der Waals surface area contributed by atoms with Gasteiger partial charge in [0.2, 0.25) is 5.95 Å². The summed E-state index contributed by atoms with van der Waals surface area (Å²) in [5, 5.41) is 3.51. The Balaban J connectivity index is 1.73. The molecule has 1 aromatic carbocycles. The number of imidazole rings is 1. The van der Waals surface area contributed by atoms with E-state index in [2.05, 4.69) is 37.2 Å². The standard InChI is InChI=1S/C26H27ClN6O/c1-19-17-20(12-13-28-19)25(34)30-26-29-23-11-8-10-22(27)24(23)33(26)21-9-4-5-15-32(18-21)16-7-6-14-31(2)3/h4-13,15,17-18H,14,16H2,1-3H3,(H,29,30,34)/b7-6+. The lowest BCUT2D eigenvalue weighted by Crippen LogP contribution is -2.17. The highest BCUT2D eigenvalue weighted by Gasteiger charge is 2.19. The maximum atomic E-state index is 13.0. The Labute approximate surface area is 204 Å². The summed E-state index contributed by atoms with van der Waals surface area (Å²) in [6.45, 7) is 3.42. The Morgan fingerprint density at radius 1 is 1.21 bits per heavy atom. The number of carbonyl (C=O) groups excluding carboxylic acids is 1. The van der Waals surface area contributed by atoms with Crippen LogP contribution in [0.2, 0.25) is 5.02 Å². The third-order valence-corrected chi connectivity index (χ3v) is 5.48. The minimum absolute atomic E-state index is 0.266. The van der Waals surface area contributed by atoms with Crippen molar-refractivity contribution < 1.29 is 4.79 Å². The molecule has 0 atom stereocenters. The Kier molecular flexibility index (Phi) is 7.25. The first-order valence-corrected chi connectivity index (χ1v) is 11.3. The van der Waals surface area contributed by atoms with Gasteiger partial charge in [-0.3, -0.25) is 19.7 Å². The van der Waals surface area contributed by atoms with Crippen LogP contribution in [0.1, 0.15) is 16.1 Å². The second kappa shape index (κ2) is 10.5. The van der Waals surface area contributed by atoms with Crippen molar-refractivity contribution in [1.29, 1.82) is 0 Å². The van der Waals surface area contributed by atoms with Crippen LogP contribution in [0.15, 0.2) is 79.3 Å². The summed E-state index contributed by atoms with van der Waals surface area (Å²) in [4.78, 5) is 26.1. The number of likely N-dealkylation sites (N-methyl/N-ethyl adjacent to an activating group) is 1. The van der Waals surface area contributed by atoms with E-state index >= 15 is 0 Å². The quantitative estimate of drug-likeness (QED) is 0.491. The van der Waals surface area contributed by atoms with E-state index in [0.29, 0.717) is 28.6 Å². The average molecular weight is 475 g/mol. The van der Waals surface area contributed by atoms with Gasteiger partial charge in [-0.25, -0.2) is 4.98 Å². The van der Waals surface area contributed by atoms with Crippen LogP contribution in [0, 0.1) is 6.92 Å². The van der Waals surface area contributed by atoms with Crippen molar-refractivity contribution in [2.75, 3.05) is 32.5 Å². The van der Waals surface area contributed by atoms with Crippen LogP contribution in [-0.4, -0.2) is 57.4 Å². The molecular weight excluding hydrogens is 448 g/mol. The minimum Gasteiger partial charge on any atom is -0.348 e. The molecule has 2 aromatic heterocycles. The third kappa shape index (κ3) is 5.44. The molecule has 8 heteroatoms. The smallest absolute Gasteiger partial charge is 0.258 e. The zero-order chi connectivity index (χ0) is 24.1. The average Bonchev–Trinajstić information content (AvgIpc) is 3.01. The first-order valence-electron chi connectivity index (χ1n) is 11.0. The second-order valence-electron chi connectivity index (χ2n) is 8.20. The molecule has 1 aliphatic heterocycles. The zero-order valence-electron chi connectivity index (χ0n) is 19.4. The molecular formula is C26H27ClN6O. The fourth-order valence-corrected chi connectivity index (χ4v) is 3.83. The number of anilines is 1. The number of rotatable bonds is 7. The van der Waals surface area contributed by atoms with Crippen molar-refractivity contribution >= 4 is 40.2 Å². The Morgan fingerprint density at radius 3 is 2.85 bits per heavy atom. The molecule has 7 nitrogen and oxygen atoms in total. The van der Waals surface area contributed by atoms with E-state index in [1.165, 1.54) is 0 Å². The molecule has 0 fully saturated rings. The molecule has 3 heterocycles. The molecule has 0 spiro atoms. The summed E-state index contributed by atoms with van der Waals surface area (Å²) in [6.07, 6.45) is 15.8. The van der Waals surface area contributed by atoms with Gasteiger partial charge in [-0.05, 0) is 57.4 Å². The maximum Gasteiger partial charge on any atom is 0.258 e. The van der Waals surface area contributed by atoms with Crippen LogP contribution < -0.4 is 5.32 Å². The highest BCUT2D eigenvalue weighted by Crippen LogP contribution is 2.31. The van der Waals surface area contributed by atoms with Gasteiger partial charge in [-0.1, -0.05) is 35.9 Å². The zero-order valence-corrected chi connectivity index (χ0v) is 20.2. The van der Waals surface area contributed by atoms with Gasteiger partial charge < -0.3 is 9.80 Å². The molecule has 1 amide bonds. The second-order valence-corrected chi connectivity index (χ2v) is 8.61. The van der Waals surface area contributed by atoms with Crippen LogP contribution in [0.25, 0.3) is 16.7 Å². The normalized spacial score (nSPS) is 13.7. The topological polar surface area (TPSA) is 66.3 Å². The molecule has 1 aliphatic rings. The van der Waals surface area contributed by atoms with E-state index in [0.717, 1.165) is 23.5 Å². The highest BCUT2D eigenvalue weighted by atomic mass is 35.5. The molecule has 0 aliphatic carbocycles. The van der Waals surface area contributed by atoms with Crippen LogP contribution in [0.3, 0.4) is 0 Å². The predicted octanol–water partition coefficient (Wildman–Crippen LogP) is 4.95. The number of fused-ring (bicyclic) bond motifs is 1. The SMILES string of the molecule is Cc1cc(C(=O)Nc2nc3cccc(Cl)c3n2C2=CN(C/C=C/CN(C)C)C=CC=C2)ccn1. The number of aromatic nitrogens is 3. The van der Waals surface area contributed by atoms with E-state index in [4.69, 9.17) is 11.6 Å². The van der Waals surface area contributed by atoms with E-state index in [9.17, 15) is 4.79 Å². The fraction of sp³-hybridized carbons (Fsp3) is 0.192. The number of para-hydroxylation sites is 1. The number of aryl methyl sites for hydroxylation is 1. The Bertz CT molecular complexity index is 1320. The summed E-state index contributed by atoms with van der Waals surface area (Å²) in [5.74, 6) is 0.126. The lowest BCUT2D eigenvalue weighted by molar-refractivity contribution is 0.102. The summed E-state index contributed by atoms with van der Waals surface area (Å²) >= 11 is 6.60. The molecule has 0 saturated carbocycles. The van der Waals surface area contributed by atoms with Gasteiger partial charge in [0.05, 0.1) is 21.8 Å². The molecule has 1 N–H and O–H groups in total. The number of halogens is 1. The largest absolute Gasteiger partial charge is 0.348 e. The fourth-order valence-electron chi connectivity index (χ4n) is 3.58. The van der Waals surface area contributed by atoms with E-state index in [-0.39, 0.29) is 5.91 Å². The van der Waals surface area contributed by atoms with Crippen LogP contribution in [-0.2, 0) is 0 Å². The number of pyridine rings is 1. The summed E-state index contributed by atoms with van der Waals surface area (Å²) in [5.41, 5.74) is 3.52.